The quantitative estimate of drug-likeness (QED) is 0.696. The van der Waals surface area contributed by atoms with Gasteiger partial charge in [-0.05, 0) is 20.8 Å². The van der Waals surface area contributed by atoms with Crippen LogP contribution in [0.25, 0.3) is 0 Å². The van der Waals surface area contributed by atoms with Gasteiger partial charge in [0.25, 0.3) is 10.1 Å². The van der Waals surface area contributed by atoms with Crippen LogP contribution in [0.4, 0.5) is 9.18 Å². The Bertz CT molecular complexity index is 770. The number of ether oxygens (including phenoxy) is 2. The van der Waals surface area contributed by atoms with E-state index >= 15 is 0 Å². The number of pyridine rings is 1. The van der Waals surface area contributed by atoms with Crippen LogP contribution < -0.4 is 4.74 Å². The number of carbonyl (C=O) groups excluding carboxylic acids is 1. The van der Waals surface area contributed by atoms with Crippen LogP contribution in [-0.4, -0.2) is 55.4 Å². The molecule has 1 amide bonds. The summed E-state index contributed by atoms with van der Waals surface area (Å²) in [6, 6.07) is 1.32. The highest BCUT2D eigenvalue weighted by Gasteiger charge is 2.28. The van der Waals surface area contributed by atoms with Gasteiger partial charge < -0.3 is 14.4 Å². The lowest BCUT2D eigenvalue weighted by atomic mass is 10.1. The molecule has 1 aliphatic rings. The molecule has 1 fully saturated rings. The summed E-state index contributed by atoms with van der Waals surface area (Å²) in [5.74, 6) is -0.666. The highest BCUT2D eigenvalue weighted by Crippen LogP contribution is 2.24. The Labute approximate surface area is 158 Å². The van der Waals surface area contributed by atoms with Crippen LogP contribution in [-0.2, 0) is 25.6 Å². The Balaban J connectivity index is 1.92. The van der Waals surface area contributed by atoms with Gasteiger partial charge in [0.1, 0.15) is 18.3 Å². The standard InChI is InChI=1S/C17H25FN2O6S/c1-17(2,3)26-16(21)20-7-5-13(6-8-20)25-15-9-12(19-10-14(15)18)11-24-27(4,22)23/h9-10,13H,5-8,11H2,1-4H3. The van der Waals surface area contributed by atoms with Gasteiger partial charge in [-0.2, -0.15) is 8.42 Å². The Morgan fingerprint density at radius 3 is 2.52 bits per heavy atom. The van der Waals surface area contributed by atoms with E-state index in [0.717, 1.165) is 12.5 Å². The molecule has 1 saturated heterocycles. The second-order valence-electron chi connectivity index (χ2n) is 7.36. The third-order valence-electron chi connectivity index (χ3n) is 3.69. The smallest absolute Gasteiger partial charge is 0.410 e. The molecule has 1 aromatic rings. The molecular formula is C17H25FN2O6S. The van der Waals surface area contributed by atoms with E-state index in [0.29, 0.717) is 25.9 Å². The lowest BCUT2D eigenvalue weighted by Crippen LogP contribution is -2.44. The van der Waals surface area contributed by atoms with Crippen LogP contribution in [0, 0.1) is 5.82 Å². The zero-order valence-electron chi connectivity index (χ0n) is 15.9. The Morgan fingerprint density at radius 2 is 1.96 bits per heavy atom. The molecule has 0 radical (unpaired) electrons. The summed E-state index contributed by atoms with van der Waals surface area (Å²) in [4.78, 5) is 17.4. The summed E-state index contributed by atoms with van der Waals surface area (Å²) >= 11 is 0. The van der Waals surface area contributed by atoms with Crippen molar-refractivity contribution in [3.05, 3.63) is 23.8 Å². The molecule has 0 atom stereocenters. The second kappa shape index (κ2) is 8.39. The van der Waals surface area contributed by atoms with Gasteiger partial charge in [0, 0.05) is 32.0 Å². The molecule has 1 aliphatic heterocycles. The van der Waals surface area contributed by atoms with Crippen molar-refractivity contribution >= 4 is 16.2 Å². The molecule has 0 spiro atoms. The van der Waals surface area contributed by atoms with Crippen LogP contribution in [0.15, 0.2) is 12.3 Å². The van der Waals surface area contributed by atoms with E-state index in [1.807, 2.05) is 0 Å². The van der Waals surface area contributed by atoms with Gasteiger partial charge in [0.2, 0.25) is 0 Å². The molecule has 0 aromatic carbocycles. The normalized spacial score (nSPS) is 16.3. The van der Waals surface area contributed by atoms with Crippen LogP contribution in [0.3, 0.4) is 0 Å². The van der Waals surface area contributed by atoms with E-state index < -0.39 is 21.5 Å². The number of halogens is 1. The fourth-order valence-corrected chi connectivity index (χ4v) is 2.79. The zero-order chi connectivity index (χ0) is 20.2. The first-order valence-corrected chi connectivity index (χ1v) is 10.4. The van der Waals surface area contributed by atoms with Crippen molar-refractivity contribution in [1.29, 1.82) is 0 Å². The van der Waals surface area contributed by atoms with Gasteiger partial charge in [-0.25, -0.2) is 9.18 Å². The molecule has 2 heterocycles. The van der Waals surface area contributed by atoms with Crippen molar-refractivity contribution in [2.24, 2.45) is 0 Å². The maximum absolute atomic E-state index is 14.0. The number of aromatic nitrogens is 1. The summed E-state index contributed by atoms with van der Waals surface area (Å²) < 4.78 is 51.7. The Hall–Kier alpha value is -1.94. The Morgan fingerprint density at radius 1 is 1.33 bits per heavy atom. The summed E-state index contributed by atoms with van der Waals surface area (Å²) in [5.41, 5.74) is -0.322. The zero-order valence-corrected chi connectivity index (χ0v) is 16.7. The number of carbonyl (C=O) groups is 1. The first-order chi connectivity index (χ1) is 12.4. The van der Waals surface area contributed by atoms with Crippen molar-refractivity contribution < 1.29 is 31.3 Å². The topological polar surface area (TPSA) is 95.0 Å². The average molecular weight is 404 g/mol. The van der Waals surface area contributed by atoms with Crippen LogP contribution >= 0.6 is 0 Å². The van der Waals surface area contributed by atoms with Crippen molar-refractivity contribution in [3.63, 3.8) is 0 Å². The van der Waals surface area contributed by atoms with E-state index in [9.17, 15) is 17.6 Å². The van der Waals surface area contributed by atoms with E-state index in [1.54, 1.807) is 25.7 Å². The predicted molar refractivity (Wildman–Crippen MR) is 95.3 cm³/mol. The number of amides is 1. The number of rotatable bonds is 5. The minimum absolute atomic E-state index is 0.0205. The van der Waals surface area contributed by atoms with Crippen LogP contribution in [0.1, 0.15) is 39.3 Å². The molecule has 152 valence electrons. The van der Waals surface area contributed by atoms with Crippen molar-refractivity contribution in [3.8, 4) is 5.75 Å². The van der Waals surface area contributed by atoms with E-state index in [1.165, 1.54) is 6.07 Å². The van der Waals surface area contributed by atoms with Gasteiger partial charge in [0.15, 0.2) is 11.6 Å². The number of piperidine rings is 1. The lowest BCUT2D eigenvalue weighted by molar-refractivity contribution is 0.0123. The van der Waals surface area contributed by atoms with Crippen molar-refractivity contribution in [2.75, 3.05) is 19.3 Å². The number of hydrogen-bond donors (Lipinski definition) is 0. The molecular weight excluding hydrogens is 379 g/mol. The highest BCUT2D eigenvalue weighted by atomic mass is 32.2. The number of nitrogens with zero attached hydrogens (tertiary/aromatic N) is 2. The third-order valence-corrected chi connectivity index (χ3v) is 4.23. The first-order valence-electron chi connectivity index (χ1n) is 8.56. The van der Waals surface area contributed by atoms with Crippen LogP contribution in [0.5, 0.6) is 5.75 Å². The Kier molecular flexibility index (Phi) is 6.63. The van der Waals surface area contributed by atoms with Crippen molar-refractivity contribution in [1.82, 2.24) is 9.88 Å². The first kappa shape index (κ1) is 21.4. The molecule has 10 heteroatoms. The molecule has 2 rings (SSSR count). The highest BCUT2D eigenvalue weighted by molar-refractivity contribution is 7.85. The molecule has 0 saturated carbocycles. The van der Waals surface area contributed by atoms with E-state index in [4.69, 9.17) is 9.47 Å². The molecule has 0 N–H and O–H groups in total. The monoisotopic (exact) mass is 404 g/mol. The molecule has 1 aromatic heterocycles. The molecule has 8 nitrogen and oxygen atoms in total. The number of likely N-dealkylation sites (tertiary alicyclic amines) is 1. The van der Waals surface area contributed by atoms with Gasteiger partial charge >= 0.3 is 6.09 Å². The van der Waals surface area contributed by atoms with E-state index in [2.05, 4.69) is 9.17 Å². The minimum Gasteiger partial charge on any atom is -0.487 e. The summed E-state index contributed by atoms with van der Waals surface area (Å²) in [7, 11) is -3.62. The summed E-state index contributed by atoms with van der Waals surface area (Å²) in [6.45, 7) is 5.99. The van der Waals surface area contributed by atoms with Gasteiger partial charge in [-0.3, -0.25) is 9.17 Å². The lowest BCUT2D eigenvalue weighted by Gasteiger charge is -2.33. The van der Waals surface area contributed by atoms with Crippen LogP contribution in [0.2, 0.25) is 0 Å². The average Bonchev–Trinajstić information content (AvgIpc) is 2.54. The minimum atomic E-state index is -3.62. The fraction of sp³-hybridized carbons (Fsp3) is 0.647. The largest absolute Gasteiger partial charge is 0.487 e. The van der Waals surface area contributed by atoms with E-state index in [-0.39, 0.29) is 30.2 Å². The molecule has 0 unspecified atom stereocenters. The van der Waals surface area contributed by atoms with Gasteiger partial charge in [-0.1, -0.05) is 0 Å². The van der Waals surface area contributed by atoms with Gasteiger partial charge in [0.05, 0.1) is 18.1 Å². The SMILES string of the molecule is CC(C)(C)OC(=O)N1CCC(Oc2cc(COS(C)(=O)=O)ncc2F)CC1. The fourth-order valence-electron chi connectivity index (χ4n) is 2.46. The maximum atomic E-state index is 14.0. The maximum Gasteiger partial charge on any atom is 0.410 e. The molecule has 27 heavy (non-hydrogen) atoms. The predicted octanol–water partition coefficient (Wildman–Crippen LogP) is 2.48. The molecule has 0 bridgehead atoms. The second-order valence-corrected chi connectivity index (χ2v) is 9.00. The summed E-state index contributed by atoms with van der Waals surface area (Å²) in [6.07, 6.45) is 2.28. The summed E-state index contributed by atoms with van der Waals surface area (Å²) in [5, 5.41) is 0. The molecule has 0 aliphatic carbocycles. The third kappa shape index (κ3) is 7.30. The van der Waals surface area contributed by atoms with Gasteiger partial charge in [-0.15, -0.1) is 0 Å². The number of hydrogen-bond acceptors (Lipinski definition) is 7. The van der Waals surface area contributed by atoms with Crippen molar-refractivity contribution in [2.45, 2.75) is 51.9 Å².